The van der Waals surface area contributed by atoms with E-state index in [9.17, 15) is 14.7 Å². The lowest BCUT2D eigenvalue weighted by Crippen LogP contribution is -2.21. The lowest BCUT2D eigenvalue weighted by Gasteiger charge is -2.23. The van der Waals surface area contributed by atoms with Crippen molar-refractivity contribution in [2.45, 2.75) is 52.0 Å². The van der Waals surface area contributed by atoms with E-state index >= 15 is 0 Å². The third-order valence-electron chi connectivity index (χ3n) is 7.19. The summed E-state index contributed by atoms with van der Waals surface area (Å²) in [7, 11) is 0. The zero-order chi connectivity index (χ0) is 22.9. The number of aliphatic carboxylic acids is 1. The number of aryl methyl sites for hydroxylation is 2. The van der Waals surface area contributed by atoms with Crippen LogP contribution in [0.1, 0.15) is 43.2 Å². The fourth-order valence-corrected chi connectivity index (χ4v) is 5.03. The molecule has 1 aliphatic carbocycles. The van der Waals surface area contributed by atoms with Crippen LogP contribution < -0.4 is 5.56 Å². The summed E-state index contributed by atoms with van der Waals surface area (Å²) in [6.07, 6.45) is 7.27. The number of carboxylic acid groups (broad SMARTS) is 1. The summed E-state index contributed by atoms with van der Waals surface area (Å²) in [5, 5.41) is 9.55. The summed E-state index contributed by atoms with van der Waals surface area (Å²) >= 11 is 0. The number of hydrogen-bond acceptors (Lipinski definition) is 4. The van der Waals surface area contributed by atoms with Crippen molar-refractivity contribution < 1.29 is 14.6 Å². The molecule has 3 aromatic rings. The minimum atomic E-state index is -0.671. The molecule has 2 aromatic heterocycles. The molecule has 1 saturated carbocycles. The monoisotopic (exact) mass is 449 g/mol. The summed E-state index contributed by atoms with van der Waals surface area (Å²) in [5.41, 5.74) is 4.58. The van der Waals surface area contributed by atoms with Crippen LogP contribution in [-0.2, 0) is 22.5 Å². The van der Waals surface area contributed by atoms with Crippen LogP contribution in [-0.4, -0.2) is 38.8 Å². The Morgan fingerprint density at radius 2 is 2.03 bits per heavy atom. The zero-order valence-electron chi connectivity index (χ0n) is 19.0. The number of rotatable bonds is 8. The van der Waals surface area contributed by atoms with Crippen LogP contribution in [0.3, 0.4) is 0 Å². The largest absolute Gasteiger partial charge is 0.481 e. The summed E-state index contributed by atoms with van der Waals surface area (Å²) in [6, 6.07) is 8.22. The number of pyridine rings is 1. The number of fused-ring (bicyclic) bond motifs is 1. The van der Waals surface area contributed by atoms with E-state index in [0.717, 1.165) is 79.8 Å². The van der Waals surface area contributed by atoms with Crippen LogP contribution in [0.25, 0.3) is 22.4 Å². The number of hydrogen-bond donors (Lipinski definition) is 2. The van der Waals surface area contributed by atoms with Crippen LogP contribution >= 0.6 is 0 Å². The van der Waals surface area contributed by atoms with Gasteiger partial charge in [0.25, 0.3) is 5.56 Å². The van der Waals surface area contributed by atoms with Crippen LogP contribution in [0.5, 0.6) is 0 Å². The molecule has 2 aliphatic rings. The highest BCUT2D eigenvalue weighted by Gasteiger charge is 2.35. The van der Waals surface area contributed by atoms with Gasteiger partial charge in [-0.1, -0.05) is 6.07 Å². The third kappa shape index (κ3) is 4.74. The van der Waals surface area contributed by atoms with E-state index in [4.69, 9.17) is 9.72 Å². The second kappa shape index (κ2) is 9.14. The molecule has 2 N–H and O–H groups in total. The van der Waals surface area contributed by atoms with Gasteiger partial charge in [0, 0.05) is 37.1 Å². The van der Waals surface area contributed by atoms with Crippen LogP contribution in [0.2, 0.25) is 0 Å². The molecular formula is C26H31N3O4. The van der Waals surface area contributed by atoms with E-state index < -0.39 is 5.97 Å². The maximum Gasteiger partial charge on any atom is 0.306 e. The van der Waals surface area contributed by atoms with E-state index in [1.807, 2.05) is 13.0 Å². The third-order valence-corrected chi connectivity index (χ3v) is 7.19. The smallest absolute Gasteiger partial charge is 0.306 e. The van der Waals surface area contributed by atoms with Gasteiger partial charge in [0.1, 0.15) is 5.82 Å². The van der Waals surface area contributed by atoms with Gasteiger partial charge in [-0.15, -0.1) is 0 Å². The van der Waals surface area contributed by atoms with Crippen molar-refractivity contribution >= 4 is 17.0 Å². The number of nitrogens with zero attached hydrogens (tertiary/aromatic N) is 2. The molecule has 0 amide bonds. The van der Waals surface area contributed by atoms with Crippen molar-refractivity contribution in [3.05, 3.63) is 51.9 Å². The predicted molar refractivity (Wildman–Crippen MR) is 126 cm³/mol. The molecular weight excluding hydrogens is 418 g/mol. The normalized spacial score (nSPS) is 18.0. The van der Waals surface area contributed by atoms with Gasteiger partial charge >= 0.3 is 5.97 Å². The summed E-state index contributed by atoms with van der Waals surface area (Å²) in [4.78, 5) is 31.3. The van der Waals surface area contributed by atoms with Gasteiger partial charge in [0.2, 0.25) is 0 Å². The Morgan fingerprint density at radius 1 is 1.24 bits per heavy atom. The van der Waals surface area contributed by atoms with Crippen LogP contribution in [0.4, 0.5) is 0 Å². The fraction of sp³-hybridized carbons (Fsp3) is 0.500. The quantitative estimate of drug-likeness (QED) is 0.538. The molecule has 3 heterocycles. The average Bonchev–Trinajstić information content (AvgIpc) is 3.58. The molecule has 1 aromatic carbocycles. The molecule has 0 bridgehead atoms. The topological polar surface area (TPSA) is 97.2 Å². The number of H-pyrrole nitrogens is 1. The number of carboxylic acids is 1. The Balaban J connectivity index is 1.48. The standard InChI is InChI=1S/C26H31N3O4/c1-16-12-20(14-27-25(16)30)24-28-22-13-17(2-6-21(26(31)32)19-4-5-19)3-7-23(22)29(24)15-18-8-10-33-11-9-18/h3,7,12-14,18-19,21H,2,4-6,8-11,15H2,1H3,(H,27,30)(H,31,32)/t21-/m0/s1. The minimum Gasteiger partial charge on any atom is -0.481 e. The highest BCUT2D eigenvalue weighted by Crippen LogP contribution is 2.39. The first-order chi connectivity index (χ1) is 16.0. The van der Waals surface area contributed by atoms with Crippen molar-refractivity contribution in [1.29, 1.82) is 0 Å². The molecule has 1 atom stereocenters. The molecule has 33 heavy (non-hydrogen) atoms. The van der Waals surface area contributed by atoms with Crippen LogP contribution in [0, 0.1) is 24.7 Å². The SMILES string of the molecule is Cc1cc(-c2nc3cc(CC[C@H](C(=O)O)C4CC4)ccc3n2CC2CCOCC2)c[nH]c1=O. The lowest BCUT2D eigenvalue weighted by molar-refractivity contribution is -0.142. The number of aromatic nitrogens is 3. The second-order valence-electron chi connectivity index (χ2n) is 9.65. The Labute approximate surface area is 192 Å². The summed E-state index contributed by atoms with van der Waals surface area (Å²) in [5.74, 6) is 0.809. The Kier molecular flexibility index (Phi) is 6.06. The average molecular weight is 450 g/mol. The van der Waals surface area contributed by atoms with Gasteiger partial charge in [-0.3, -0.25) is 9.59 Å². The molecule has 0 spiro atoms. The molecule has 7 nitrogen and oxygen atoms in total. The van der Waals surface area contributed by atoms with Crippen molar-refractivity contribution in [3.8, 4) is 11.4 Å². The number of nitrogens with one attached hydrogen (secondary N) is 1. The van der Waals surface area contributed by atoms with Gasteiger partial charge < -0.3 is 19.4 Å². The van der Waals surface area contributed by atoms with Crippen molar-refractivity contribution in [1.82, 2.24) is 14.5 Å². The van der Waals surface area contributed by atoms with E-state index in [1.54, 1.807) is 6.20 Å². The van der Waals surface area contributed by atoms with Gasteiger partial charge in [0.15, 0.2) is 0 Å². The first-order valence-electron chi connectivity index (χ1n) is 12.0. The Morgan fingerprint density at radius 3 is 2.73 bits per heavy atom. The summed E-state index contributed by atoms with van der Waals surface area (Å²) in [6.45, 7) is 4.25. The molecule has 0 unspecified atom stereocenters. The highest BCUT2D eigenvalue weighted by molar-refractivity contribution is 5.81. The molecule has 0 radical (unpaired) electrons. The molecule has 1 aliphatic heterocycles. The first kappa shape index (κ1) is 21.9. The number of ether oxygens (including phenoxy) is 1. The predicted octanol–water partition coefficient (Wildman–Crippen LogP) is 4.17. The fourth-order valence-electron chi connectivity index (χ4n) is 5.03. The van der Waals surface area contributed by atoms with Crippen molar-refractivity contribution in [3.63, 3.8) is 0 Å². The van der Waals surface area contributed by atoms with Gasteiger partial charge in [0.05, 0.1) is 17.0 Å². The van der Waals surface area contributed by atoms with Crippen molar-refractivity contribution in [2.75, 3.05) is 13.2 Å². The molecule has 174 valence electrons. The number of carbonyl (C=O) groups is 1. The van der Waals surface area contributed by atoms with Gasteiger partial charge in [-0.2, -0.15) is 0 Å². The maximum atomic E-state index is 11.9. The Hall–Kier alpha value is -2.93. The van der Waals surface area contributed by atoms with E-state index in [2.05, 4.69) is 27.8 Å². The molecule has 2 fully saturated rings. The maximum absolute atomic E-state index is 11.9. The number of imidazole rings is 1. The van der Waals surface area contributed by atoms with Crippen molar-refractivity contribution in [2.24, 2.45) is 17.8 Å². The molecule has 5 rings (SSSR count). The van der Waals surface area contributed by atoms with E-state index in [0.29, 0.717) is 23.8 Å². The van der Waals surface area contributed by atoms with Gasteiger partial charge in [-0.05, 0) is 81.0 Å². The lowest BCUT2D eigenvalue weighted by atomic mass is 9.95. The molecule has 1 saturated heterocycles. The van der Waals surface area contributed by atoms with E-state index in [1.165, 1.54) is 0 Å². The van der Waals surface area contributed by atoms with Crippen LogP contribution in [0.15, 0.2) is 35.3 Å². The second-order valence-corrected chi connectivity index (χ2v) is 9.65. The molecule has 7 heteroatoms. The van der Waals surface area contributed by atoms with E-state index in [-0.39, 0.29) is 11.5 Å². The highest BCUT2D eigenvalue weighted by atomic mass is 16.5. The first-order valence-corrected chi connectivity index (χ1v) is 12.0. The van der Waals surface area contributed by atoms with Gasteiger partial charge in [-0.25, -0.2) is 4.98 Å². The Bertz CT molecular complexity index is 1220. The zero-order valence-corrected chi connectivity index (χ0v) is 19.0. The number of aromatic amines is 1. The minimum absolute atomic E-state index is 0.0863. The number of benzene rings is 1. The summed E-state index contributed by atoms with van der Waals surface area (Å²) < 4.78 is 7.81.